The number of hydrogen-bond donors (Lipinski definition) is 0. The Labute approximate surface area is 95.8 Å². The van der Waals surface area contributed by atoms with Gasteiger partial charge in [-0.1, -0.05) is 11.3 Å². The van der Waals surface area contributed by atoms with Crippen molar-refractivity contribution in [2.75, 3.05) is 0 Å². The lowest BCUT2D eigenvalue weighted by molar-refractivity contribution is -0.385. The molecule has 0 N–H and O–H groups in total. The Kier molecular flexibility index (Phi) is 2.65. The van der Waals surface area contributed by atoms with Gasteiger partial charge in [0.25, 0.3) is 5.69 Å². The summed E-state index contributed by atoms with van der Waals surface area (Å²) in [6.45, 7) is 1.62. The van der Waals surface area contributed by atoms with Crippen LogP contribution >= 0.6 is 0 Å². The first-order valence-electron chi connectivity index (χ1n) is 4.75. The molecular formula is C10H8N4O3. The summed E-state index contributed by atoms with van der Waals surface area (Å²) >= 11 is 0. The van der Waals surface area contributed by atoms with Crippen LogP contribution in [0.15, 0.2) is 24.4 Å². The monoisotopic (exact) mass is 232 g/mol. The first-order chi connectivity index (χ1) is 8.13. The summed E-state index contributed by atoms with van der Waals surface area (Å²) in [5.74, 6) is 0. The molecular weight excluding hydrogens is 224 g/mol. The lowest BCUT2D eigenvalue weighted by Crippen LogP contribution is -2.01. The van der Waals surface area contributed by atoms with Crippen molar-refractivity contribution in [1.82, 2.24) is 15.0 Å². The third-order valence-electron chi connectivity index (χ3n) is 2.35. The van der Waals surface area contributed by atoms with Crippen LogP contribution in [0.1, 0.15) is 16.1 Å². The second kappa shape index (κ2) is 4.12. The third kappa shape index (κ3) is 1.89. The van der Waals surface area contributed by atoms with Crippen LogP contribution in [0.2, 0.25) is 0 Å². The molecule has 0 spiro atoms. The normalized spacial score (nSPS) is 10.2. The van der Waals surface area contributed by atoms with E-state index >= 15 is 0 Å². The van der Waals surface area contributed by atoms with E-state index in [1.165, 1.54) is 16.9 Å². The fourth-order valence-electron chi connectivity index (χ4n) is 1.51. The van der Waals surface area contributed by atoms with Gasteiger partial charge in [0.2, 0.25) is 0 Å². The first-order valence-corrected chi connectivity index (χ1v) is 4.75. The SMILES string of the molecule is Cc1c(-n2cc(C=O)nn2)cccc1[N+](=O)[O-]. The van der Waals surface area contributed by atoms with Crippen LogP contribution in [-0.4, -0.2) is 26.2 Å². The molecule has 0 bridgehead atoms. The first kappa shape index (κ1) is 10.9. The Hall–Kier alpha value is -2.57. The van der Waals surface area contributed by atoms with Gasteiger partial charge in [0.1, 0.15) is 5.69 Å². The molecule has 0 saturated carbocycles. The molecule has 0 amide bonds. The largest absolute Gasteiger partial charge is 0.296 e. The molecule has 0 atom stereocenters. The van der Waals surface area contributed by atoms with E-state index in [9.17, 15) is 14.9 Å². The van der Waals surface area contributed by atoms with E-state index in [0.29, 0.717) is 17.5 Å². The Morgan fingerprint density at radius 3 is 2.82 bits per heavy atom. The van der Waals surface area contributed by atoms with Gasteiger partial charge in [-0.05, 0) is 13.0 Å². The molecule has 0 aliphatic carbocycles. The summed E-state index contributed by atoms with van der Waals surface area (Å²) < 4.78 is 1.34. The zero-order valence-electron chi connectivity index (χ0n) is 8.90. The van der Waals surface area contributed by atoms with E-state index in [4.69, 9.17) is 0 Å². The molecule has 7 nitrogen and oxygen atoms in total. The summed E-state index contributed by atoms with van der Waals surface area (Å²) in [7, 11) is 0. The van der Waals surface area contributed by atoms with Crippen molar-refractivity contribution in [3.05, 3.63) is 45.8 Å². The average Bonchev–Trinajstić information content (AvgIpc) is 2.77. The maximum Gasteiger partial charge on any atom is 0.274 e. The summed E-state index contributed by atoms with van der Waals surface area (Å²) in [6.07, 6.45) is 1.98. The van der Waals surface area contributed by atoms with E-state index in [1.54, 1.807) is 19.1 Å². The standard InChI is InChI=1S/C10H8N4O3/c1-7-9(3-2-4-10(7)14(16)17)13-5-8(6-15)11-12-13/h2-6H,1H3. The van der Waals surface area contributed by atoms with Crippen LogP contribution in [0.5, 0.6) is 0 Å². The van der Waals surface area contributed by atoms with Crippen molar-refractivity contribution < 1.29 is 9.72 Å². The molecule has 86 valence electrons. The van der Waals surface area contributed by atoms with Gasteiger partial charge >= 0.3 is 0 Å². The molecule has 0 aliphatic heterocycles. The predicted octanol–water partition coefficient (Wildman–Crippen LogP) is 1.30. The van der Waals surface area contributed by atoms with Crippen molar-refractivity contribution in [1.29, 1.82) is 0 Å². The average molecular weight is 232 g/mol. The molecule has 7 heteroatoms. The van der Waals surface area contributed by atoms with Gasteiger partial charge in [-0.2, -0.15) is 0 Å². The third-order valence-corrected chi connectivity index (χ3v) is 2.35. The fraction of sp³-hybridized carbons (Fsp3) is 0.100. The van der Waals surface area contributed by atoms with Gasteiger partial charge in [-0.25, -0.2) is 4.68 Å². The van der Waals surface area contributed by atoms with Crippen molar-refractivity contribution in [2.24, 2.45) is 0 Å². The smallest absolute Gasteiger partial charge is 0.274 e. The quantitative estimate of drug-likeness (QED) is 0.451. The Bertz CT molecular complexity index is 591. The van der Waals surface area contributed by atoms with Gasteiger partial charge in [0.15, 0.2) is 6.29 Å². The molecule has 2 rings (SSSR count). The molecule has 1 aromatic heterocycles. The topological polar surface area (TPSA) is 90.9 Å². The van der Waals surface area contributed by atoms with Gasteiger partial charge < -0.3 is 0 Å². The van der Waals surface area contributed by atoms with Crippen LogP contribution in [-0.2, 0) is 0 Å². The fourth-order valence-corrected chi connectivity index (χ4v) is 1.51. The number of nitro benzene ring substituents is 1. The summed E-state index contributed by atoms with van der Waals surface area (Å²) in [5.41, 5.74) is 1.18. The van der Waals surface area contributed by atoms with E-state index in [-0.39, 0.29) is 11.4 Å². The highest BCUT2D eigenvalue weighted by atomic mass is 16.6. The van der Waals surface area contributed by atoms with Crippen molar-refractivity contribution in [3.63, 3.8) is 0 Å². The molecule has 1 heterocycles. The van der Waals surface area contributed by atoms with Crippen molar-refractivity contribution >= 4 is 12.0 Å². The van der Waals surface area contributed by atoms with Crippen LogP contribution in [0.4, 0.5) is 5.69 Å². The lowest BCUT2D eigenvalue weighted by Gasteiger charge is -2.04. The van der Waals surface area contributed by atoms with Gasteiger partial charge in [0.05, 0.1) is 22.4 Å². The molecule has 17 heavy (non-hydrogen) atoms. The summed E-state index contributed by atoms with van der Waals surface area (Å²) in [6, 6.07) is 4.64. The van der Waals surface area contributed by atoms with Crippen LogP contribution < -0.4 is 0 Å². The van der Waals surface area contributed by atoms with Crippen molar-refractivity contribution in [3.8, 4) is 5.69 Å². The number of nitrogens with zero attached hydrogens (tertiary/aromatic N) is 4. The summed E-state index contributed by atoms with van der Waals surface area (Å²) in [4.78, 5) is 20.8. The van der Waals surface area contributed by atoms with Gasteiger partial charge in [-0.3, -0.25) is 14.9 Å². The van der Waals surface area contributed by atoms with Crippen LogP contribution in [0, 0.1) is 17.0 Å². The molecule has 2 aromatic rings. The minimum Gasteiger partial charge on any atom is -0.296 e. The van der Waals surface area contributed by atoms with Crippen LogP contribution in [0.3, 0.4) is 0 Å². The van der Waals surface area contributed by atoms with Gasteiger partial charge in [-0.15, -0.1) is 5.10 Å². The number of benzene rings is 1. The molecule has 0 saturated heterocycles. The Balaban J connectivity index is 2.55. The minimum atomic E-state index is -0.462. The maximum absolute atomic E-state index is 10.8. The lowest BCUT2D eigenvalue weighted by atomic mass is 10.1. The molecule has 0 fully saturated rings. The molecule has 0 radical (unpaired) electrons. The maximum atomic E-state index is 10.8. The number of nitro groups is 1. The predicted molar refractivity (Wildman–Crippen MR) is 58.1 cm³/mol. The Morgan fingerprint density at radius 2 is 2.24 bits per heavy atom. The zero-order valence-corrected chi connectivity index (χ0v) is 8.90. The highest BCUT2D eigenvalue weighted by Gasteiger charge is 2.15. The Morgan fingerprint density at radius 1 is 1.47 bits per heavy atom. The van der Waals surface area contributed by atoms with Gasteiger partial charge in [0, 0.05) is 6.07 Å². The number of hydrogen-bond acceptors (Lipinski definition) is 5. The van der Waals surface area contributed by atoms with E-state index in [2.05, 4.69) is 10.3 Å². The molecule has 0 unspecified atom stereocenters. The number of rotatable bonds is 3. The molecule has 1 aromatic carbocycles. The highest BCUT2D eigenvalue weighted by Crippen LogP contribution is 2.23. The van der Waals surface area contributed by atoms with E-state index < -0.39 is 4.92 Å². The van der Waals surface area contributed by atoms with Crippen molar-refractivity contribution in [2.45, 2.75) is 6.92 Å². The second-order valence-corrected chi connectivity index (χ2v) is 3.38. The number of carbonyl (C=O) groups is 1. The number of carbonyl (C=O) groups excluding carboxylic acids is 1. The molecule has 0 aliphatic rings. The second-order valence-electron chi connectivity index (χ2n) is 3.38. The zero-order chi connectivity index (χ0) is 12.4. The number of aldehydes is 1. The summed E-state index contributed by atoms with van der Waals surface area (Å²) in [5, 5.41) is 18.1. The van der Waals surface area contributed by atoms with E-state index in [0.717, 1.165) is 0 Å². The number of aromatic nitrogens is 3. The van der Waals surface area contributed by atoms with Crippen LogP contribution in [0.25, 0.3) is 5.69 Å². The minimum absolute atomic E-state index is 0.00523. The van der Waals surface area contributed by atoms with E-state index in [1.807, 2.05) is 0 Å². The highest BCUT2D eigenvalue weighted by molar-refractivity contribution is 5.71.